The van der Waals surface area contributed by atoms with Crippen molar-refractivity contribution in [3.8, 4) is 0 Å². The Balaban J connectivity index is 3.05. The first-order valence-electron chi connectivity index (χ1n) is 5.95. The second-order valence-corrected chi connectivity index (χ2v) is 4.39. The fourth-order valence-electron chi connectivity index (χ4n) is 2.13. The summed E-state index contributed by atoms with van der Waals surface area (Å²) in [6, 6.07) is 0. The van der Waals surface area contributed by atoms with Crippen LogP contribution in [-0.2, 0) is 4.79 Å². The number of nitro groups is 1. The maximum absolute atomic E-state index is 11.5. The highest BCUT2D eigenvalue weighted by Crippen LogP contribution is 2.37. The Morgan fingerprint density at radius 1 is 1.56 bits per heavy atom. The lowest BCUT2D eigenvalue weighted by molar-refractivity contribution is -0.419. The van der Waals surface area contributed by atoms with E-state index in [1.165, 1.54) is 18.2 Å². The molecule has 18 heavy (non-hydrogen) atoms. The molecule has 5 heteroatoms. The van der Waals surface area contributed by atoms with Crippen molar-refractivity contribution in [2.45, 2.75) is 26.2 Å². The van der Waals surface area contributed by atoms with Crippen LogP contribution in [0.1, 0.15) is 26.2 Å². The first kappa shape index (κ1) is 14.2. The molecule has 5 nitrogen and oxygen atoms in total. The molecule has 1 unspecified atom stereocenters. The van der Waals surface area contributed by atoms with Gasteiger partial charge in [0.1, 0.15) is 0 Å². The number of allylic oxidation sites excluding steroid dienone is 3. The van der Waals surface area contributed by atoms with Crippen molar-refractivity contribution in [1.29, 1.82) is 0 Å². The molecule has 0 aromatic rings. The maximum atomic E-state index is 11.5. The molecular weight excluding hydrogens is 232 g/mol. The molecule has 0 aromatic carbocycles. The average molecular weight is 250 g/mol. The molecule has 0 aromatic heterocycles. The minimum atomic E-state index is -0.484. The third-order valence-electron chi connectivity index (χ3n) is 3.34. The first-order chi connectivity index (χ1) is 8.51. The van der Waals surface area contributed by atoms with Crippen molar-refractivity contribution in [2.24, 2.45) is 17.6 Å². The minimum Gasteiger partial charge on any atom is -0.369 e. The highest BCUT2D eigenvalue weighted by molar-refractivity contribution is 5.81. The number of hydrogen-bond acceptors (Lipinski definition) is 3. The van der Waals surface area contributed by atoms with Crippen LogP contribution in [0.15, 0.2) is 36.1 Å². The molecule has 1 rings (SSSR count). The quantitative estimate of drug-likeness (QED) is 0.445. The molecule has 0 radical (unpaired) electrons. The van der Waals surface area contributed by atoms with E-state index in [0.29, 0.717) is 5.57 Å². The van der Waals surface area contributed by atoms with Crippen LogP contribution < -0.4 is 5.73 Å². The fraction of sp³-hybridized carbons (Fsp3) is 0.462. The van der Waals surface area contributed by atoms with E-state index < -0.39 is 16.7 Å². The van der Waals surface area contributed by atoms with Crippen LogP contribution in [0, 0.1) is 22.0 Å². The summed E-state index contributed by atoms with van der Waals surface area (Å²) in [5.74, 6) is -0.715. The van der Waals surface area contributed by atoms with Gasteiger partial charge >= 0.3 is 0 Å². The van der Waals surface area contributed by atoms with Crippen LogP contribution in [0.3, 0.4) is 0 Å². The molecule has 0 saturated heterocycles. The third kappa shape index (κ3) is 3.06. The lowest BCUT2D eigenvalue weighted by Gasteiger charge is -2.32. The van der Waals surface area contributed by atoms with E-state index in [1.54, 1.807) is 6.92 Å². The highest BCUT2D eigenvalue weighted by Gasteiger charge is 2.33. The van der Waals surface area contributed by atoms with Crippen molar-refractivity contribution in [1.82, 2.24) is 0 Å². The summed E-state index contributed by atoms with van der Waals surface area (Å²) in [4.78, 5) is 21.8. The Labute approximate surface area is 106 Å². The summed E-state index contributed by atoms with van der Waals surface area (Å²) in [5, 5.41) is 10.8. The van der Waals surface area contributed by atoms with Crippen molar-refractivity contribution in [3.05, 3.63) is 46.2 Å². The van der Waals surface area contributed by atoms with E-state index in [2.05, 4.69) is 6.58 Å². The summed E-state index contributed by atoms with van der Waals surface area (Å²) < 4.78 is 0. The van der Waals surface area contributed by atoms with Crippen molar-refractivity contribution in [2.75, 3.05) is 0 Å². The molecule has 1 amide bonds. The molecule has 0 spiro atoms. The van der Waals surface area contributed by atoms with Crippen LogP contribution in [0.4, 0.5) is 0 Å². The number of nitrogens with zero attached hydrogens (tertiary/aromatic N) is 1. The SMILES string of the molecule is C=C/C(=C\C(=C/C)[N+](=O)[O-])C(C(N)=O)C1CCC1. The van der Waals surface area contributed by atoms with E-state index in [4.69, 9.17) is 5.73 Å². The van der Waals surface area contributed by atoms with Gasteiger partial charge in [-0.3, -0.25) is 14.9 Å². The average Bonchev–Trinajstić information content (AvgIpc) is 2.25. The van der Waals surface area contributed by atoms with Gasteiger partial charge in [0.2, 0.25) is 5.91 Å². The monoisotopic (exact) mass is 250 g/mol. The van der Waals surface area contributed by atoms with Gasteiger partial charge in [0, 0.05) is 6.08 Å². The summed E-state index contributed by atoms with van der Waals surface area (Å²) >= 11 is 0. The Morgan fingerprint density at radius 3 is 2.44 bits per heavy atom. The molecule has 0 heterocycles. The van der Waals surface area contributed by atoms with Gasteiger partial charge in [-0.15, -0.1) is 0 Å². The van der Waals surface area contributed by atoms with Crippen molar-refractivity contribution >= 4 is 5.91 Å². The second kappa shape index (κ2) is 6.14. The van der Waals surface area contributed by atoms with E-state index in [1.807, 2.05) is 0 Å². The van der Waals surface area contributed by atoms with Gasteiger partial charge in [-0.05, 0) is 37.3 Å². The normalized spacial score (nSPS) is 18.9. The molecule has 98 valence electrons. The van der Waals surface area contributed by atoms with Gasteiger partial charge < -0.3 is 5.73 Å². The molecule has 0 aliphatic heterocycles. The summed E-state index contributed by atoms with van der Waals surface area (Å²) in [6.45, 7) is 5.21. The van der Waals surface area contributed by atoms with Gasteiger partial charge in [-0.2, -0.15) is 0 Å². The van der Waals surface area contributed by atoms with Gasteiger partial charge in [-0.25, -0.2) is 0 Å². The number of hydrogen-bond donors (Lipinski definition) is 1. The number of nitrogens with two attached hydrogens (primary N) is 1. The largest absolute Gasteiger partial charge is 0.369 e. The Kier molecular flexibility index (Phi) is 4.83. The van der Waals surface area contributed by atoms with Crippen LogP contribution in [0.5, 0.6) is 0 Å². The summed E-state index contributed by atoms with van der Waals surface area (Å²) in [7, 11) is 0. The standard InChI is InChI=1S/C13H18N2O3/c1-3-9(8-11(4-2)15(17)18)12(13(14)16)10-6-5-7-10/h3-4,8,10,12H,1,5-7H2,2H3,(H2,14,16)/b9-8+,11-4+. The number of carbonyl (C=O) groups is 1. The minimum absolute atomic E-state index is 0.0459. The predicted octanol–water partition coefficient (Wildman–Crippen LogP) is 2.18. The zero-order chi connectivity index (χ0) is 13.7. The lowest BCUT2D eigenvalue weighted by atomic mass is 9.72. The molecule has 1 aliphatic carbocycles. The van der Waals surface area contributed by atoms with Crippen LogP contribution in [-0.4, -0.2) is 10.8 Å². The molecule has 1 saturated carbocycles. The molecule has 2 N–H and O–H groups in total. The van der Waals surface area contributed by atoms with Crippen LogP contribution >= 0.6 is 0 Å². The smallest absolute Gasteiger partial charge is 0.265 e. The first-order valence-corrected chi connectivity index (χ1v) is 5.95. The predicted molar refractivity (Wildman–Crippen MR) is 69.1 cm³/mol. The zero-order valence-corrected chi connectivity index (χ0v) is 10.5. The number of carbonyl (C=O) groups excluding carboxylic acids is 1. The molecule has 1 aliphatic rings. The molecule has 1 atom stereocenters. The molecule has 1 fully saturated rings. The molecular formula is C13H18N2O3. The number of primary amides is 1. The summed E-state index contributed by atoms with van der Waals surface area (Å²) in [6.07, 6.45) is 7.21. The lowest BCUT2D eigenvalue weighted by Crippen LogP contribution is -2.34. The number of amides is 1. The zero-order valence-electron chi connectivity index (χ0n) is 10.5. The van der Waals surface area contributed by atoms with Crippen LogP contribution in [0.25, 0.3) is 0 Å². The van der Waals surface area contributed by atoms with Crippen molar-refractivity contribution in [3.63, 3.8) is 0 Å². The topological polar surface area (TPSA) is 86.2 Å². The van der Waals surface area contributed by atoms with Gasteiger partial charge in [0.15, 0.2) is 0 Å². The second-order valence-electron chi connectivity index (χ2n) is 4.39. The maximum Gasteiger partial charge on any atom is 0.265 e. The van der Waals surface area contributed by atoms with E-state index in [-0.39, 0.29) is 11.6 Å². The van der Waals surface area contributed by atoms with E-state index in [9.17, 15) is 14.9 Å². The highest BCUT2D eigenvalue weighted by atomic mass is 16.6. The molecule has 0 bridgehead atoms. The van der Waals surface area contributed by atoms with E-state index in [0.717, 1.165) is 19.3 Å². The van der Waals surface area contributed by atoms with Gasteiger partial charge in [0.05, 0.1) is 10.8 Å². The Hall–Kier alpha value is -1.91. The Bertz CT molecular complexity index is 420. The Morgan fingerprint density at radius 2 is 2.17 bits per heavy atom. The fourth-order valence-corrected chi connectivity index (χ4v) is 2.13. The third-order valence-corrected chi connectivity index (χ3v) is 3.34. The van der Waals surface area contributed by atoms with Crippen LogP contribution in [0.2, 0.25) is 0 Å². The van der Waals surface area contributed by atoms with E-state index >= 15 is 0 Å². The summed E-state index contributed by atoms with van der Waals surface area (Å²) in [5.41, 5.74) is 5.89. The van der Waals surface area contributed by atoms with Gasteiger partial charge in [-0.1, -0.05) is 19.1 Å². The van der Waals surface area contributed by atoms with Gasteiger partial charge in [0.25, 0.3) is 5.70 Å². The van der Waals surface area contributed by atoms with Crippen molar-refractivity contribution < 1.29 is 9.72 Å². The number of rotatable bonds is 6.